The molecule has 6 heteroatoms. The summed E-state index contributed by atoms with van der Waals surface area (Å²) < 4.78 is 0. The van der Waals surface area contributed by atoms with Crippen LogP contribution in [0.5, 0.6) is 0 Å². The topological polar surface area (TPSA) is 70.2 Å². The molecule has 0 spiro atoms. The molecule has 0 saturated heterocycles. The summed E-state index contributed by atoms with van der Waals surface area (Å²) in [5.74, 6) is 0.0338. The van der Waals surface area contributed by atoms with E-state index >= 15 is 0 Å². The van der Waals surface area contributed by atoms with Gasteiger partial charge in [-0.25, -0.2) is 4.79 Å². The lowest BCUT2D eigenvalue weighted by atomic mass is 10.0. The van der Waals surface area contributed by atoms with Crippen molar-refractivity contribution in [3.05, 3.63) is 22.4 Å². The average Bonchev–Trinajstić information content (AvgIpc) is 2.88. The highest BCUT2D eigenvalue weighted by Gasteiger charge is 2.23. The molecule has 2 unspecified atom stereocenters. The lowest BCUT2D eigenvalue weighted by Crippen LogP contribution is -2.49. The molecule has 0 bridgehead atoms. The fourth-order valence-corrected chi connectivity index (χ4v) is 2.80. The Morgan fingerprint density at radius 1 is 1.30 bits per heavy atom. The van der Waals surface area contributed by atoms with Crippen molar-refractivity contribution >= 4 is 23.3 Å². The van der Waals surface area contributed by atoms with Crippen molar-refractivity contribution in [3.8, 4) is 0 Å². The fourth-order valence-electron chi connectivity index (χ4n) is 1.84. The predicted molar refractivity (Wildman–Crippen MR) is 81.7 cm³/mol. The molecule has 0 aromatic carbocycles. The van der Waals surface area contributed by atoms with Crippen LogP contribution in [-0.4, -0.2) is 24.5 Å². The van der Waals surface area contributed by atoms with Gasteiger partial charge >= 0.3 is 6.03 Å². The third-order valence-electron chi connectivity index (χ3n) is 2.91. The van der Waals surface area contributed by atoms with Crippen molar-refractivity contribution in [2.75, 3.05) is 6.54 Å². The molecule has 0 saturated carbocycles. The monoisotopic (exact) mass is 297 g/mol. The Balaban J connectivity index is 2.60. The van der Waals surface area contributed by atoms with E-state index in [2.05, 4.69) is 35.9 Å². The van der Waals surface area contributed by atoms with Gasteiger partial charge in [-0.3, -0.25) is 15.4 Å². The fraction of sp³-hybridized carbons (Fsp3) is 0.571. The van der Waals surface area contributed by atoms with Gasteiger partial charge in [0.25, 0.3) is 0 Å². The molecule has 20 heavy (non-hydrogen) atoms. The van der Waals surface area contributed by atoms with Crippen LogP contribution in [0, 0.1) is 5.92 Å². The second kappa shape index (κ2) is 8.01. The van der Waals surface area contributed by atoms with Gasteiger partial charge in [-0.05, 0) is 31.2 Å². The third kappa shape index (κ3) is 4.94. The van der Waals surface area contributed by atoms with Crippen LogP contribution in [-0.2, 0) is 4.79 Å². The van der Waals surface area contributed by atoms with Crippen LogP contribution >= 0.6 is 11.3 Å². The summed E-state index contributed by atoms with van der Waals surface area (Å²) in [7, 11) is 0. The van der Waals surface area contributed by atoms with Gasteiger partial charge in [-0.1, -0.05) is 19.9 Å². The van der Waals surface area contributed by atoms with E-state index in [-0.39, 0.29) is 11.9 Å². The number of hydrogen-bond acceptors (Lipinski definition) is 4. The zero-order chi connectivity index (χ0) is 15.1. The first-order valence-corrected chi connectivity index (χ1v) is 7.71. The summed E-state index contributed by atoms with van der Waals surface area (Å²) in [6.45, 7) is 8.26. The van der Waals surface area contributed by atoms with Crippen LogP contribution in [0.3, 0.4) is 0 Å². The van der Waals surface area contributed by atoms with Gasteiger partial charge in [0.15, 0.2) is 0 Å². The second-order valence-electron chi connectivity index (χ2n) is 4.97. The molecule has 3 amide bonds. The SMILES string of the molecule is CCNC(=O)NC(=O)C(C)NC(c1cccs1)C(C)C. The van der Waals surface area contributed by atoms with E-state index in [1.807, 2.05) is 11.4 Å². The lowest BCUT2D eigenvalue weighted by Gasteiger charge is -2.25. The van der Waals surface area contributed by atoms with E-state index in [9.17, 15) is 9.59 Å². The van der Waals surface area contributed by atoms with Crippen LogP contribution in [0.1, 0.15) is 38.6 Å². The van der Waals surface area contributed by atoms with E-state index in [1.165, 1.54) is 4.88 Å². The summed E-state index contributed by atoms with van der Waals surface area (Å²) in [5, 5.41) is 10.2. The van der Waals surface area contributed by atoms with Crippen LogP contribution < -0.4 is 16.0 Å². The Morgan fingerprint density at radius 3 is 2.50 bits per heavy atom. The highest BCUT2D eigenvalue weighted by atomic mass is 32.1. The van der Waals surface area contributed by atoms with E-state index in [0.29, 0.717) is 12.5 Å². The molecule has 5 nitrogen and oxygen atoms in total. The van der Waals surface area contributed by atoms with Gasteiger partial charge in [0.05, 0.1) is 6.04 Å². The van der Waals surface area contributed by atoms with Crippen LogP contribution in [0.2, 0.25) is 0 Å². The van der Waals surface area contributed by atoms with Crippen molar-refractivity contribution in [2.24, 2.45) is 5.92 Å². The van der Waals surface area contributed by atoms with Crippen LogP contribution in [0.15, 0.2) is 17.5 Å². The first-order chi connectivity index (χ1) is 9.45. The quantitative estimate of drug-likeness (QED) is 0.754. The van der Waals surface area contributed by atoms with Gasteiger partial charge in [-0.15, -0.1) is 11.3 Å². The van der Waals surface area contributed by atoms with Crippen molar-refractivity contribution in [1.82, 2.24) is 16.0 Å². The highest BCUT2D eigenvalue weighted by Crippen LogP contribution is 2.26. The van der Waals surface area contributed by atoms with E-state index in [4.69, 9.17) is 0 Å². The maximum atomic E-state index is 11.9. The van der Waals surface area contributed by atoms with Crippen molar-refractivity contribution in [1.29, 1.82) is 0 Å². The summed E-state index contributed by atoms with van der Waals surface area (Å²) in [6.07, 6.45) is 0. The largest absolute Gasteiger partial charge is 0.338 e. The molecular weight excluding hydrogens is 274 g/mol. The predicted octanol–water partition coefficient (Wildman–Crippen LogP) is 2.27. The summed E-state index contributed by atoms with van der Waals surface area (Å²) in [6, 6.07) is 3.26. The van der Waals surface area contributed by atoms with E-state index < -0.39 is 12.1 Å². The van der Waals surface area contributed by atoms with Crippen molar-refractivity contribution in [3.63, 3.8) is 0 Å². The number of thiophene rings is 1. The zero-order valence-electron chi connectivity index (χ0n) is 12.4. The molecule has 0 aliphatic rings. The smallest absolute Gasteiger partial charge is 0.321 e. The number of rotatable bonds is 6. The maximum absolute atomic E-state index is 11.9. The second-order valence-corrected chi connectivity index (χ2v) is 5.95. The molecule has 1 heterocycles. The Hall–Kier alpha value is -1.40. The van der Waals surface area contributed by atoms with Crippen molar-refractivity contribution in [2.45, 2.75) is 39.8 Å². The Labute approximate surface area is 124 Å². The van der Waals surface area contributed by atoms with Gasteiger partial charge in [0, 0.05) is 17.5 Å². The minimum atomic E-state index is -0.455. The molecule has 3 N–H and O–H groups in total. The normalized spacial score (nSPS) is 13.8. The minimum absolute atomic E-state index is 0.102. The van der Waals surface area contributed by atoms with Crippen molar-refractivity contribution < 1.29 is 9.59 Å². The molecule has 112 valence electrons. The number of carbonyl (C=O) groups excluding carboxylic acids is 2. The van der Waals surface area contributed by atoms with E-state index in [0.717, 1.165) is 0 Å². The molecule has 0 fully saturated rings. The number of amides is 3. The number of nitrogens with one attached hydrogen (secondary N) is 3. The van der Waals surface area contributed by atoms with Crippen LogP contribution in [0.25, 0.3) is 0 Å². The molecule has 0 radical (unpaired) electrons. The number of imide groups is 1. The van der Waals surface area contributed by atoms with Gasteiger partial charge in [0.2, 0.25) is 5.91 Å². The van der Waals surface area contributed by atoms with Gasteiger partial charge < -0.3 is 5.32 Å². The molecule has 1 aromatic rings. The first kappa shape index (κ1) is 16.7. The average molecular weight is 297 g/mol. The Morgan fingerprint density at radius 2 is 2.00 bits per heavy atom. The molecular formula is C14H23N3O2S. The summed E-state index contributed by atoms with van der Waals surface area (Å²) in [5.41, 5.74) is 0. The lowest BCUT2D eigenvalue weighted by molar-refractivity contribution is -0.121. The summed E-state index contributed by atoms with van der Waals surface area (Å²) >= 11 is 1.66. The van der Waals surface area contributed by atoms with Gasteiger partial charge in [-0.2, -0.15) is 0 Å². The number of urea groups is 1. The molecule has 0 aliphatic heterocycles. The molecule has 1 rings (SSSR count). The molecule has 2 atom stereocenters. The first-order valence-electron chi connectivity index (χ1n) is 6.83. The molecule has 1 aromatic heterocycles. The Bertz CT molecular complexity index is 432. The van der Waals surface area contributed by atoms with Crippen LogP contribution in [0.4, 0.5) is 4.79 Å². The summed E-state index contributed by atoms with van der Waals surface area (Å²) in [4.78, 5) is 24.5. The number of carbonyl (C=O) groups is 2. The Kier molecular flexibility index (Phi) is 6.67. The maximum Gasteiger partial charge on any atom is 0.321 e. The molecule has 0 aliphatic carbocycles. The number of hydrogen-bond donors (Lipinski definition) is 3. The van der Waals surface area contributed by atoms with Gasteiger partial charge in [0.1, 0.15) is 0 Å². The van der Waals surface area contributed by atoms with E-state index in [1.54, 1.807) is 25.2 Å². The third-order valence-corrected chi connectivity index (χ3v) is 3.87. The highest BCUT2D eigenvalue weighted by molar-refractivity contribution is 7.10. The minimum Gasteiger partial charge on any atom is -0.338 e. The standard InChI is InChI=1S/C14H23N3O2S/c1-5-15-14(19)17-13(18)10(4)16-12(9(2)3)11-7-6-8-20-11/h6-10,12,16H,5H2,1-4H3,(H2,15,17,18,19). The zero-order valence-corrected chi connectivity index (χ0v) is 13.2.